The van der Waals surface area contributed by atoms with Crippen molar-refractivity contribution in [2.24, 2.45) is 5.73 Å². The Morgan fingerprint density at radius 3 is 2.90 bits per heavy atom. The summed E-state index contributed by atoms with van der Waals surface area (Å²) in [5, 5.41) is 2.93. The largest absolute Gasteiger partial charge is 0.326 e. The standard InChI is InChI=1S/C15H20N4O/c1-3-14-17-8-9-19(14)11(2)15(20)18-13-7-5-4-6-12(13)10-16/h4-9,11H,3,10,16H2,1-2H3,(H,18,20). The van der Waals surface area contributed by atoms with E-state index < -0.39 is 0 Å². The third kappa shape index (κ3) is 2.88. The van der Waals surface area contributed by atoms with Gasteiger partial charge in [-0.25, -0.2) is 4.98 Å². The van der Waals surface area contributed by atoms with Crippen molar-refractivity contribution in [2.75, 3.05) is 5.32 Å². The van der Waals surface area contributed by atoms with Crippen LogP contribution < -0.4 is 11.1 Å². The topological polar surface area (TPSA) is 72.9 Å². The van der Waals surface area contributed by atoms with Gasteiger partial charge in [0.05, 0.1) is 0 Å². The number of hydrogen-bond acceptors (Lipinski definition) is 3. The molecule has 0 saturated carbocycles. The Balaban J connectivity index is 2.16. The minimum Gasteiger partial charge on any atom is -0.326 e. The average molecular weight is 272 g/mol. The summed E-state index contributed by atoms with van der Waals surface area (Å²) >= 11 is 0. The molecule has 0 aliphatic carbocycles. The summed E-state index contributed by atoms with van der Waals surface area (Å²) in [4.78, 5) is 16.6. The molecule has 1 atom stereocenters. The van der Waals surface area contributed by atoms with Crippen LogP contribution in [0, 0.1) is 0 Å². The molecule has 5 nitrogen and oxygen atoms in total. The summed E-state index contributed by atoms with van der Waals surface area (Å²) in [7, 11) is 0. The van der Waals surface area contributed by atoms with Gasteiger partial charge in [0.15, 0.2) is 0 Å². The van der Waals surface area contributed by atoms with Gasteiger partial charge >= 0.3 is 0 Å². The van der Waals surface area contributed by atoms with Crippen LogP contribution in [0.2, 0.25) is 0 Å². The van der Waals surface area contributed by atoms with Crippen LogP contribution in [0.4, 0.5) is 5.69 Å². The molecular weight excluding hydrogens is 252 g/mol. The Bertz CT molecular complexity index is 591. The summed E-state index contributed by atoms with van der Waals surface area (Å²) in [5.74, 6) is 0.832. The van der Waals surface area contributed by atoms with E-state index in [0.29, 0.717) is 6.54 Å². The van der Waals surface area contributed by atoms with Crippen molar-refractivity contribution in [3.05, 3.63) is 48.0 Å². The van der Waals surface area contributed by atoms with Crippen LogP contribution >= 0.6 is 0 Å². The van der Waals surface area contributed by atoms with Crippen LogP contribution in [0.1, 0.15) is 31.3 Å². The summed E-state index contributed by atoms with van der Waals surface area (Å²) in [6, 6.07) is 7.26. The molecule has 2 aromatic rings. The predicted molar refractivity (Wildman–Crippen MR) is 79.3 cm³/mol. The molecule has 1 aromatic carbocycles. The second kappa shape index (κ2) is 6.34. The Morgan fingerprint density at radius 1 is 1.45 bits per heavy atom. The van der Waals surface area contributed by atoms with Gasteiger partial charge in [0.2, 0.25) is 5.91 Å². The van der Waals surface area contributed by atoms with Crippen molar-refractivity contribution in [3.63, 3.8) is 0 Å². The highest BCUT2D eigenvalue weighted by molar-refractivity contribution is 5.94. The van der Waals surface area contributed by atoms with Crippen molar-refractivity contribution in [1.82, 2.24) is 9.55 Å². The summed E-state index contributed by atoms with van der Waals surface area (Å²) < 4.78 is 1.89. The highest BCUT2D eigenvalue weighted by atomic mass is 16.2. The molecule has 0 spiro atoms. The first-order valence-electron chi connectivity index (χ1n) is 6.78. The van der Waals surface area contributed by atoms with E-state index >= 15 is 0 Å². The number of nitrogens with zero attached hydrogens (tertiary/aromatic N) is 2. The number of anilines is 1. The van der Waals surface area contributed by atoms with E-state index in [4.69, 9.17) is 5.73 Å². The van der Waals surface area contributed by atoms with E-state index in [9.17, 15) is 4.79 Å². The van der Waals surface area contributed by atoms with Gasteiger partial charge < -0.3 is 15.6 Å². The highest BCUT2D eigenvalue weighted by Crippen LogP contribution is 2.17. The van der Waals surface area contributed by atoms with Gasteiger partial charge in [0, 0.05) is 31.0 Å². The number of nitrogens with one attached hydrogen (secondary N) is 1. The number of rotatable bonds is 5. The SMILES string of the molecule is CCc1nccn1C(C)C(=O)Nc1ccccc1CN. The molecule has 3 N–H and O–H groups in total. The van der Waals surface area contributed by atoms with Crippen LogP contribution in [-0.2, 0) is 17.8 Å². The summed E-state index contributed by atoms with van der Waals surface area (Å²) in [6.45, 7) is 4.28. The predicted octanol–water partition coefficient (Wildman–Crippen LogP) is 2.10. The molecule has 2 rings (SSSR count). The quantitative estimate of drug-likeness (QED) is 0.875. The Morgan fingerprint density at radius 2 is 2.20 bits per heavy atom. The summed E-state index contributed by atoms with van der Waals surface area (Å²) in [6.07, 6.45) is 4.35. The maximum atomic E-state index is 12.3. The Labute approximate surface area is 118 Å². The van der Waals surface area contributed by atoms with E-state index in [1.54, 1.807) is 6.20 Å². The molecule has 0 radical (unpaired) electrons. The number of aromatic nitrogens is 2. The molecule has 0 saturated heterocycles. The van der Waals surface area contributed by atoms with Crippen LogP contribution in [0.15, 0.2) is 36.7 Å². The van der Waals surface area contributed by atoms with E-state index in [-0.39, 0.29) is 11.9 Å². The first-order chi connectivity index (χ1) is 9.67. The number of carbonyl (C=O) groups excluding carboxylic acids is 1. The monoisotopic (exact) mass is 272 g/mol. The highest BCUT2D eigenvalue weighted by Gasteiger charge is 2.17. The maximum Gasteiger partial charge on any atom is 0.247 e. The number of hydrogen-bond donors (Lipinski definition) is 2. The van der Waals surface area contributed by atoms with E-state index in [1.807, 2.05) is 48.9 Å². The zero-order valence-electron chi connectivity index (χ0n) is 11.8. The Hall–Kier alpha value is -2.14. The minimum absolute atomic E-state index is 0.0707. The molecular formula is C15H20N4O. The first-order valence-corrected chi connectivity index (χ1v) is 6.78. The molecule has 1 heterocycles. The van der Waals surface area contributed by atoms with Crippen LogP contribution in [0.25, 0.3) is 0 Å². The van der Waals surface area contributed by atoms with E-state index in [2.05, 4.69) is 10.3 Å². The van der Waals surface area contributed by atoms with Crippen LogP contribution in [0.3, 0.4) is 0 Å². The normalized spacial score (nSPS) is 12.2. The van der Waals surface area contributed by atoms with Crippen LogP contribution in [-0.4, -0.2) is 15.5 Å². The van der Waals surface area contributed by atoms with Gasteiger partial charge in [-0.15, -0.1) is 0 Å². The molecule has 1 unspecified atom stereocenters. The lowest BCUT2D eigenvalue weighted by molar-refractivity contribution is -0.118. The zero-order chi connectivity index (χ0) is 14.5. The van der Waals surface area contributed by atoms with Gasteiger partial charge in [-0.05, 0) is 18.6 Å². The van der Waals surface area contributed by atoms with Gasteiger partial charge in [-0.3, -0.25) is 4.79 Å². The number of nitrogens with two attached hydrogens (primary N) is 1. The molecule has 0 aliphatic heterocycles. The average Bonchev–Trinajstić information content (AvgIpc) is 2.95. The maximum absolute atomic E-state index is 12.3. The molecule has 20 heavy (non-hydrogen) atoms. The Kier molecular flexibility index (Phi) is 4.53. The molecule has 5 heteroatoms. The number of benzene rings is 1. The third-order valence-corrected chi connectivity index (χ3v) is 3.36. The number of imidazole rings is 1. The second-order valence-corrected chi connectivity index (χ2v) is 4.63. The van der Waals surface area contributed by atoms with Crippen molar-refractivity contribution in [2.45, 2.75) is 32.9 Å². The second-order valence-electron chi connectivity index (χ2n) is 4.63. The molecule has 1 amide bonds. The molecule has 0 aliphatic rings. The molecule has 106 valence electrons. The fourth-order valence-corrected chi connectivity index (χ4v) is 2.15. The van der Waals surface area contributed by atoms with E-state index in [1.165, 1.54) is 0 Å². The fraction of sp³-hybridized carbons (Fsp3) is 0.333. The van der Waals surface area contributed by atoms with Gasteiger partial charge in [-0.1, -0.05) is 25.1 Å². The lowest BCUT2D eigenvalue weighted by Gasteiger charge is -2.17. The number of carbonyl (C=O) groups is 1. The fourth-order valence-electron chi connectivity index (χ4n) is 2.15. The van der Waals surface area contributed by atoms with Crippen molar-refractivity contribution in [1.29, 1.82) is 0 Å². The third-order valence-electron chi connectivity index (χ3n) is 3.36. The lowest BCUT2D eigenvalue weighted by Crippen LogP contribution is -2.25. The smallest absolute Gasteiger partial charge is 0.247 e. The molecule has 0 bridgehead atoms. The van der Waals surface area contributed by atoms with Gasteiger partial charge in [0.25, 0.3) is 0 Å². The summed E-state index contributed by atoms with van der Waals surface area (Å²) in [5.41, 5.74) is 7.37. The van der Waals surface area contributed by atoms with Gasteiger partial charge in [0.1, 0.15) is 11.9 Å². The minimum atomic E-state index is -0.307. The number of amides is 1. The number of aryl methyl sites for hydroxylation is 1. The van der Waals surface area contributed by atoms with Crippen molar-refractivity contribution >= 4 is 11.6 Å². The zero-order valence-corrected chi connectivity index (χ0v) is 11.8. The van der Waals surface area contributed by atoms with Crippen LogP contribution in [0.5, 0.6) is 0 Å². The lowest BCUT2D eigenvalue weighted by atomic mass is 10.1. The molecule has 0 fully saturated rings. The van der Waals surface area contributed by atoms with Crippen molar-refractivity contribution < 1.29 is 4.79 Å². The van der Waals surface area contributed by atoms with Crippen molar-refractivity contribution in [3.8, 4) is 0 Å². The first kappa shape index (κ1) is 14.3. The number of para-hydroxylation sites is 1. The van der Waals surface area contributed by atoms with E-state index in [0.717, 1.165) is 23.5 Å². The molecule has 1 aromatic heterocycles. The van der Waals surface area contributed by atoms with Gasteiger partial charge in [-0.2, -0.15) is 0 Å².